The van der Waals surface area contributed by atoms with E-state index in [-0.39, 0.29) is 5.78 Å². The van der Waals surface area contributed by atoms with E-state index in [9.17, 15) is 4.79 Å². The third kappa shape index (κ3) is 2.46. The summed E-state index contributed by atoms with van der Waals surface area (Å²) >= 11 is 0. The monoisotopic (exact) mass is 382 g/mol. The maximum atomic E-state index is 13.8. The average molecular weight is 382 g/mol. The van der Waals surface area contributed by atoms with Gasteiger partial charge in [0.2, 0.25) is 0 Å². The van der Waals surface area contributed by atoms with Crippen LogP contribution >= 0.6 is 0 Å². The van der Waals surface area contributed by atoms with E-state index in [0.717, 1.165) is 27.6 Å². The Morgan fingerprint density at radius 1 is 0.467 bits per heavy atom. The lowest BCUT2D eigenvalue weighted by atomic mass is 9.88. The first kappa shape index (κ1) is 16.9. The lowest BCUT2D eigenvalue weighted by Gasteiger charge is -2.15. The molecule has 0 bridgehead atoms. The van der Waals surface area contributed by atoms with Crippen molar-refractivity contribution in [2.45, 2.75) is 0 Å². The normalized spacial score (nSPS) is 11.5. The highest BCUT2D eigenvalue weighted by Crippen LogP contribution is 2.37. The number of carbonyl (C=O) groups excluding carboxylic acids is 1. The molecule has 0 aliphatic heterocycles. The van der Waals surface area contributed by atoms with Gasteiger partial charge in [-0.05, 0) is 49.5 Å². The Kier molecular flexibility index (Phi) is 3.69. The molecule has 0 N–H and O–H groups in total. The summed E-state index contributed by atoms with van der Waals surface area (Å²) in [4.78, 5) is 13.8. The van der Waals surface area contributed by atoms with Gasteiger partial charge in [-0.1, -0.05) is 103 Å². The Labute approximate surface area is 174 Å². The number of rotatable bonds is 3. The van der Waals surface area contributed by atoms with Gasteiger partial charge in [0.05, 0.1) is 0 Å². The number of hydrogen-bond donors (Lipinski definition) is 0. The molecule has 0 atom stereocenters. The van der Waals surface area contributed by atoms with Gasteiger partial charge in [-0.15, -0.1) is 0 Å². The Morgan fingerprint density at radius 2 is 1.10 bits per heavy atom. The van der Waals surface area contributed by atoms with Crippen LogP contribution < -0.4 is 0 Å². The van der Waals surface area contributed by atoms with E-state index in [4.69, 9.17) is 0 Å². The minimum Gasteiger partial charge on any atom is -0.289 e. The van der Waals surface area contributed by atoms with Crippen molar-refractivity contribution in [2.24, 2.45) is 0 Å². The lowest BCUT2D eigenvalue weighted by Crippen LogP contribution is -2.04. The molecule has 0 spiro atoms. The van der Waals surface area contributed by atoms with Gasteiger partial charge < -0.3 is 0 Å². The highest BCUT2D eigenvalue weighted by atomic mass is 16.1. The van der Waals surface area contributed by atoms with Crippen molar-refractivity contribution in [3.63, 3.8) is 0 Å². The smallest absolute Gasteiger partial charge is 0.194 e. The van der Waals surface area contributed by atoms with Crippen LogP contribution in [0.15, 0.2) is 109 Å². The van der Waals surface area contributed by atoms with E-state index in [2.05, 4.69) is 60.7 Å². The molecule has 30 heavy (non-hydrogen) atoms. The van der Waals surface area contributed by atoms with Gasteiger partial charge in [0.25, 0.3) is 0 Å². The quantitative estimate of drug-likeness (QED) is 0.229. The van der Waals surface area contributed by atoms with E-state index in [0.29, 0.717) is 0 Å². The summed E-state index contributed by atoms with van der Waals surface area (Å²) in [5, 5.41) is 7.01. The summed E-state index contributed by atoms with van der Waals surface area (Å²) < 4.78 is 0. The molecule has 0 aliphatic carbocycles. The Bertz CT molecular complexity index is 1530. The first-order valence-corrected chi connectivity index (χ1v) is 10.2. The molecule has 6 aromatic carbocycles. The number of benzene rings is 6. The van der Waals surface area contributed by atoms with E-state index in [1.165, 1.54) is 26.9 Å². The van der Waals surface area contributed by atoms with Gasteiger partial charge in [-0.3, -0.25) is 4.79 Å². The van der Waals surface area contributed by atoms with Crippen LogP contribution in [0.1, 0.15) is 15.9 Å². The molecule has 140 valence electrons. The molecule has 0 heterocycles. The highest BCUT2D eigenvalue weighted by Gasteiger charge is 2.19. The molecule has 0 unspecified atom stereocenters. The van der Waals surface area contributed by atoms with Gasteiger partial charge in [0, 0.05) is 11.1 Å². The first-order valence-electron chi connectivity index (χ1n) is 10.2. The molecule has 1 heteroatoms. The predicted octanol–water partition coefficient (Wildman–Crippen LogP) is 7.48. The topological polar surface area (TPSA) is 17.1 Å². The molecular weight excluding hydrogens is 364 g/mol. The minimum atomic E-state index is 0.0624. The maximum Gasteiger partial charge on any atom is 0.194 e. The van der Waals surface area contributed by atoms with Crippen molar-refractivity contribution in [3.8, 4) is 11.1 Å². The van der Waals surface area contributed by atoms with Gasteiger partial charge >= 0.3 is 0 Å². The van der Waals surface area contributed by atoms with Crippen LogP contribution in [-0.4, -0.2) is 5.78 Å². The summed E-state index contributed by atoms with van der Waals surface area (Å²) in [5.41, 5.74) is 3.51. The number of hydrogen-bond acceptors (Lipinski definition) is 1. The molecule has 0 aromatic heterocycles. The van der Waals surface area contributed by atoms with Crippen molar-refractivity contribution >= 4 is 38.1 Å². The standard InChI is InChI=1S/C29H18O/c30-29(25-12-5-4-11-23(25)19-7-2-1-3-8-19)26-18-16-22-14-13-20-9-6-10-21-15-17-24(26)28(22)27(20)21/h1-18H. The molecule has 0 saturated carbocycles. The van der Waals surface area contributed by atoms with Crippen LogP contribution in [-0.2, 0) is 0 Å². The SMILES string of the molecule is O=C(c1ccccc1-c1ccccc1)c1ccc2ccc3cccc4ccc1c2c34. The fourth-order valence-electron chi connectivity index (χ4n) is 4.63. The summed E-state index contributed by atoms with van der Waals surface area (Å²) in [6.07, 6.45) is 0. The van der Waals surface area contributed by atoms with Crippen LogP contribution in [0.2, 0.25) is 0 Å². The second kappa shape index (κ2) is 6.53. The zero-order valence-electron chi connectivity index (χ0n) is 16.3. The van der Waals surface area contributed by atoms with Crippen LogP contribution in [0.3, 0.4) is 0 Å². The fraction of sp³-hybridized carbons (Fsp3) is 0. The molecule has 6 aromatic rings. The zero-order valence-corrected chi connectivity index (χ0v) is 16.3. The van der Waals surface area contributed by atoms with E-state index < -0.39 is 0 Å². The summed E-state index contributed by atoms with van der Waals surface area (Å²) in [5.74, 6) is 0.0624. The predicted molar refractivity (Wildman–Crippen MR) is 125 cm³/mol. The van der Waals surface area contributed by atoms with Gasteiger partial charge in [0.15, 0.2) is 5.78 Å². The largest absolute Gasteiger partial charge is 0.289 e. The second-order valence-electron chi connectivity index (χ2n) is 7.71. The first-order chi connectivity index (χ1) is 14.8. The molecule has 0 aliphatic rings. The third-order valence-corrected chi connectivity index (χ3v) is 6.03. The maximum absolute atomic E-state index is 13.8. The van der Waals surface area contributed by atoms with E-state index in [1.54, 1.807) is 0 Å². The van der Waals surface area contributed by atoms with E-state index in [1.807, 2.05) is 48.5 Å². The summed E-state index contributed by atoms with van der Waals surface area (Å²) in [7, 11) is 0. The van der Waals surface area contributed by atoms with Crippen molar-refractivity contribution in [1.82, 2.24) is 0 Å². The lowest BCUT2D eigenvalue weighted by molar-refractivity contribution is 0.104. The molecule has 0 amide bonds. The van der Waals surface area contributed by atoms with Crippen molar-refractivity contribution < 1.29 is 4.79 Å². The van der Waals surface area contributed by atoms with Crippen LogP contribution in [0.4, 0.5) is 0 Å². The second-order valence-corrected chi connectivity index (χ2v) is 7.71. The fourth-order valence-corrected chi connectivity index (χ4v) is 4.63. The molecule has 0 fully saturated rings. The van der Waals surface area contributed by atoms with Crippen molar-refractivity contribution in [2.75, 3.05) is 0 Å². The van der Waals surface area contributed by atoms with E-state index >= 15 is 0 Å². The minimum absolute atomic E-state index is 0.0624. The Balaban J connectivity index is 1.62. The van der Waals surface area contributed by atoms with Crippen LogP contribution in [0, 0.1) is 0 Å². The van der Waals surface area contributed by atoms with Gasteiger partial charge in [0.1, 0.15) is 0 Å². The van der Waals surface area contributed by atoms with Crippen LogP contribution in [0.5, 0.6) is 0 Å². The summed E-state index contributed by atoms with van der Waals surface area (Å²) in [6, 6.07) is 37.0. The average Bonchev–Trinajstić information content (AvgIpc) is 2.82. The van der Waals surface area contributed by atoms with Crippen LogP contribution in [0.25, 0.3) is 43.4 Å². The zero-order chi connectivity index (χ0) is 20.1. The molecule has 0 radical (unpaired) electrons. The number of ketones is 1. The molecule has 6 rings (SSSR count). The molecule has 1 nitrogen and oxygen atoms in total. The third-order valence-electron chi connectivity index (χ3n) is 6.03. The Morgan fingerprint density at radius 3 is 1.90 bits per heavy atom. The van der Waals surface area contributed by atoms with Gasteiger partial charge in [-0.2, -0.15) is 0 Å². The Hall–Kier alpha value is -3.97. The molecular formula is C29H18O. The van der Waals surface area contributed by atoms with Crippen molar-refractivity contribution in [1.29, 1.82) is 0 Å². The van der Waals surface area contributed by atoms with Gasteiger partial charge in [-0.25, -0.2) is 0 Å². The summed E-state index contributed by atoms with van der Waals surface area (Å²) in [6.45, 7) is 0. The van der Waals surface area contributed by atoms with Crippen molar-refractivity contribution in [3.05, 3.63) is 120 Å². The molecule has 0 saturated heterocycles. The highest BCUT2D eigenvalue weighted by molar-refractivity contribution is 6.28. The number of carbonyl (C=O) groups is 1.